The maximum absolute atomic E-state index is 12.1. The number of hydrogen-bond donors (Lipinski definition) is 1. The van der Waals surface area contributed by atoms with E-state index >= 15 is 0 Å². The Balaban J connectivity index is 1.95. The lowest BCUT2D eigenvalue weighted by Crippen LogP contribution is -2.42. The number of esters is 1. The van der Waals surface area contributed by atoms with Gasteiger partial charge >= 0.3 is 5.97 Å². The van der Waals surface area contributed by atoms with E-state index in [0.717, 1.165) is 25.5 Å². The van der Waals surface area contributed by atoms with Gasteiger partial charge in [-0.05, 0) is 30.9 Å². The maximum Gasteiger partial charge on any atom is 0.339 e. The molecule has 7 heteroatoms. The van der Waals surface area contributed by atoms with Crippen LogP contribution in [0.15, 0.2) is 29.2 Å². The molecule has 0 bridgehead atoms. The number of carbonyl (C=O) groups excluding carboxylic acids is 2. The molecule has 1 amide bonds. The van der Waals surface area contributed by atoms with Gasteiger partial charge in [-0.2, -0.15) is 0 Å². The summed E-state index contributed by atoms with van der Waals surface area (Å²) in [5, 5.41) is 2.89. The highest BCUT2D eigenvalue weighted by molar-refractivity contribution is 7.90. The first-order chi connectivity index (χ1) is 11.3. The summed E-state index contributed by atoms with van der Waals surface area (Å²) >= 11 is 0. The molecule has 0 aromatic heterocycles. The molecule has 132 valence electrons. The Bertz CT molecular complexity index is 713. The predicted molar refractivity (Wildman–Crippen MR) is 89.4 cm³/mol. The molecular formula is C17H23NO5S. The fourth-order valence-electron chi connectivity index (χ4n) is 2.95. The quantitative estimate of drug-likeness (QED) is 0.817. The standard InChI is InChI=1S/C17H23NO5S/c1-12-7-3-5-9-14(12)18-16(19)11-23-17(20)13-8-4-6-10-15(13)24(2,21)22/h4,6,8,10,12,14H,3,5,7,9,11H2,1-2H3,(H,18,19)/t12-,14-/m0/s1. The van der Waals surface area contributed by atoms with Crippen LogP contribution in [0.2, 0.25) is 0 Å². The van der Waals surface area contributed by atoms with Gasteiger partial charge in [0, 0.05) is 12.3 Å². The molecule has 0 unspecified atom stereocenters. The van der Waals surface area contributed by atoms with Crippen LogP contribution < -0.4 is 5.32 Å². The Hall–Kier alpha value is -1.89. The van der Waals surface area contributed by atoms with Crippen molar-refractivity contribution in [3.05, 3.63) is 29.8 Å². The number of nitrogens with one attached hydrogen (secondary N) is 1. The zero-order valence-electron chi connectivity index (χ0n) is 13.9. The summed E-state index contributed by atoms with van der Waals surface area (Å²) in [6.07, 6.45) is 5.28. The van der Waals surface area contributed by atoms with Gasteiger partial charge in [0.05, 0.1) is 10.5 Å². The van der Waals surface area contributed by atoms with E-state index in [0.29, 0.717) is 5.92 Å². The molecule has 1 saturated carbocycles. The van der Waals surface area contributed by atoms with E-state index in [9.17, 15) is 18.0 Å². The van der Waals surface area contributed by atoms with Crippen molar-refractivity contribution in [3.63, 3.8) is 0 Å². The zero-order chi connectivity index (χ0) is 17.7. The summed E-state index contributed by atoms with van der Waals surface area (Å²) < 4.78 is 28.4. The number of sulfone groups is 1. The Labute approximate surface area is 142 Å². The number of amides is 1. The Morgan fingerprint density at radius 2 is 1.88 bits per heavy atom. The van der Waals surface area contributed by atoms with Crippen LogP contribution in [0.3, 0.4) is 0 Å². The van der Waals surface area contributed by atoms with Gasteiger partial charge in [0.1, 0.15) is 0 Å². The van der Waals surface area contributed by atoms with Crippen molar-refractivity contribution < 1.29 is 22.7 Å². The van der Waals surface area contributed by atoms with E-state index in [1.807, 2.05) is 0 Å². The minimum absolute atomic E-state index is 0.0566. The van der Waals surface area contributed by atoms with Crippen LogP contribution in [0, 0.1) is 5.92 Å². The van der Waals surface area contributed by atoms with Crippen LogP contribution in [0.25, 0.3) is 0 Å². The molecule has 0 aliphatic heterocycles. The third-order valence-corrected chi connectivity index (χ3v) is 5.45. The van der Waals surface area contributed by atoms with E-state index in [1.54, 1.807) is 6.07 Å². The molecule has 0 radical (unpaired) electrons. The predicted octanol–water partition coefficient (Wildman–Crippen LogP) is 1.94. The Morgan fingerprint density at radius 1 is 1.21 bits per heavy atom. The second-order valence-electron chi connectivity index (χ2n) is 6.28. The van der Waals surface area contributed by atoms with Crippen LogP contribution >= 0.6 is 0 Å². The second kappa shape index (κ2) is 7.79. The lowest BCUT2D eigenvalue weighted by Gasteiger charge is -2.29. The molecule has 2 atom stereocenters. The second-order valence-corrected chi connectivity index (χ2v) is 8.26. The number of rotatable bonds is 5. The smallest absolute Gasteiger partial charge is 0.339 e. The van der Waals surface area contributed by atoms with Crippen molar-refractivity contribution in [3.8, 4) is 0 Å². The van der Waals surface area contributed by atoms with E-state index in [4.69, 9.17) is 4.74 Å². The van der Waals surface area contributed by atoms with Crippen LogP contribution in [-0.4, -0.2) is 39.2 Å². The molecule has 1 aliphatic rings. The summed E-state index contributed by atoms with van der Waals surface area (Å²) in [6, 6.07) is 5.91. The van der Waals surface area contributed by atoms with E-state index < -0.39 is 22.4 Å². The molecule has 0 saturated heterocycles. The lowest BCUT2D eigenvalue weighted by atomic mass is 9.86. The third-order valence-electron chi connectivity index (χ3n) is 4.30. The average molecular weight is 353 g/mol. The molecule has 1 aromatic carbocycles. The van der Waals surface area contributed by atoms with Gasteiger partial charge in [0.15, 0.2) is 16.4 Å². The fourth-order valence-corrected chi connectivity index (χ4v) is 3.82. The van der Waals surface area contributed by atoms with E-state index in [2.05, 4.69) is 12.2 Å². The van der Waals surface area contributed by atoms with Gasteiger partial charge in [0.2, 0.25) is 0 Å². The van der Waals surface area contributed by atoms with Crippen molar-refractivity contribution in [2.45, 2.75) is 43.5 Å². The number of hydrogen-bond acceptors (Lipinski definition) is 5. The SMILES string of the molecule is C[C@H]1CCCC[C@@H]1NC(=O)COC(=O)c1ccccc1S(C)(=O)=O. The highest BCUT2D eigenvalue weighted by Gasteiger charge is 2.24. The molecular weight excluding hydrogens is 330 g/mol. The summed E-state index contributed by atoms with van der Waals surface area (Å²) in [7, 11) is -3.55. The van der Waals surface area contributed by atoms with Crippen LogP contribution in [0.5, 0.6) is 0 Å². The summed E-state index contributed by atoms with van der Waals surface area (Å²) in [4.78, 5) is 24.0. The first-order valence-electron chi connectivity index (χ1n) is 8.04. The van der Waals surface area contributed by atoms with Gasteiger partial charge < -0.3 is 10.1 Å². The summed E-state index contributed by atoms with van der Waals surface area (Å²) in [5.74, 6) is -0.772. The highest BCUT2D eigenvalue weighted by atomic mass is 32.2. The average Bonchev–Trinajstić information content (AvgIpc) is 2.54. The van der Waals surface area contributed by atoms with Gasteiger partial charge in [-0.15, -0.1) is 0 Å². The van der Waals surface area contributed by atoms with Crippen molar-refractivity contribution in [1.29, 1.82) is 0 Å². The maximum atomic E-state index is 12.1. The molecule has 0 spiro atoms. The molecule has 1 aliphatic carbocycles. The van der Waals surface area contributed by atoms with Crippen LogP contribution in [0.4, 0.5) is 0 Å². The number of benzene rings is 1. The number of ether oxygens (including phenoxy) is 1. The van der Waals surface area contributed by atoms with Gasteiger partial charge in [-0.1, -0.05) is 31.9 Å². The molecule has 24 heavy (non-hydrogen) atoms. The largest absolute Gasteiger partial charge is 0.452 e. The summed E-state index contributed by atoms with van der Waals surface area (Å²) in [5.41, 5.74) is -0.0566. The first kappa shape index (κ1) is 18.4. The fraction of sp³-hybridized carbons (Fsp3) is 0.529. The van der Waals surface area contributed by atoms with E-state index in [1.165, 1.54) is 24.6 Å². The normalized spacial score (nSPS) is 21.1. The minimum atomic E-state index is -3.55. The van der Waals surface area contributed by atoms with Gasteiger partial charge in [-0.3, -0.25) is 4.79 Å². The van der Waals surface area contributed by atoms with Crippen molar-refractivity contribution >= 4 is 21.7 Å². The third kappa shape index (κ3) is 4.80. The Kier molecular flexibility index (Phi) is 5.99. The summed E-state index contributed by atoms with van der Waals surface area (Å²) in [6.45, 7) is 1.68. The van der Waals surface area contributed by atoms with Crippen LogP contribution in [-0.2, 0) is 19.4 Å². The molecule has 0 heterocycles. The molecule has 6 nitrogen and oxygen atoms in total. The topological polar surface area (TPSA) is 89.5 Å². The first-order valence-corrected chi connectivity index (χ1v) is 9.93. The number of carbonyl (C=O) groups is 2. The van der Waals surface area contributed by atoms with E-state index in [-0.39, 0.29) is 22.4 Å². The zero-order valence-corrected chi connectivity index (χ0v) is 14.8. The monoisotopic (exact) mass is 353 g/mol. The minimum Gasteiger partial charge on any atom is -0.452 e. The van der Waals surface area contributed by atoms with Gasteiger partial charge in [-0.25, -0.2) is 13.2 Å². The van der Waals surface area contributed by atoms with Crippen molar-refractivity contribution in [1.82, 2.24) is 5.32 Å². The molecule has 1 fully saturated rings. The Morgan fingerprint density at radius 3 is 2.54 bits per heavy atom. The lowest BCUT2D eigenvalue weighted by molar-refractivity contribution is -0.125. The van der Waals surface area contributed by atoms with Crippen molar-refractivity contribution in [2.24, 2.45) is 5.92 Å². The molecule has 1 aromatic rings. The van der Waals surface area contributed by atoms with Gasteiger partial charge in [0.25, 0.3) is 5.91 Å². The van der Waals surface area contributed by atoms with Crippen molar-refractivity contribution in [2.75, 3.05) is 12.9 Å². The molecule has 2 rings (SSSR count). The van der Waals surface area contributed by atoms with Crippen LogP contribution in [0.1, 0.15) is 43.0 Å². The molecule has 1 N–H and O–H groups in total. The highest BCUT2D eigenvalue weighted by Crippen LogP contribution is 2.23.